The number of anilines is 1. The summed E-state index contributed by atoms with van der Waals surface area (Å²) in [5.74, 6) is 0.341. The lowest BCUT2D eigenvalue weighted by Crippen LogP contribution is -2.43. The Hall–Kier alpha value is -1.73. The molecule has 0 aliphatic carbocycles. The zero-order valence-electron chi connectivity index (χ0n) is 15.0. The maximum Gasteiger partial charge on any atom is 0.250 e. The summed E-state index contributed by atoms with van der Waals surface area (Å²) in [6.45, 7) is 12.8. The van der Waals surface area contributed by atoms with Crippen LogP contribution in [0.15, 0.2) is 28.7 Å². The number of halogens is 1. The minimum atomic E-state index is -1.96. The Bertz CT molecular complexity index is 738. The van der Waals surface area contributed by atoms with Crippen molar-refractivity contribution in [2.45, 2.75) is 45.8 Å². The maximum absolute atomic E-state index is 14.0. The van der Waals surface area contributed by atoms with E-state index in [1.807, 2.05) is 12.3 Å². The minimum Gasteiger partial charge on any atom is -0.543 e. The highest BCUT2D eigenvalue weighted by Gasteiger charge is 2.39. The van der Waals surface area contributed by atoms with E-state index in [9.17, 15) is 4.39 Å². The van der Waals surface area contributed by atoms with Crippen molar-refractivity contribution in [1.82, 2.24) is 4.98 Å². The van der Waals surface area contributed by atoms with Crippen molar-refractivity contribution in [2.75, 3.05) is 5.43 Å². The molecule has 1 N–H and O–H groups in total. The first-order valence-electron chi connectivity index (χ1n) is 7.78. The Balaban J connectivity index is 2.13. The van der Waals surface area contributed by atoms with Crippen LogP contribution in [0, 0.1) is 12.7 Å². The van der Waals surface area contributed by atoms with Crippen molar-refractivity contribution in [1.29, 1.82) is 0 Å². The molecule has 0 aliphatic heterocycles. The smallest absolute Gasteiger partial charge is 0.250 e. The predicted octanol–water partition coefficient (Wildman–Crippen LogP) is 5.42. The highest BCUT2D eigenvalue weighted by Crippen LogP contribution is 2.37. The molecule has 1 aromatic heterocycles. The third-order valence-corrected chi connectivity index (χ3v) is 9.35. The van der Waals surface area contributed by atoms with Gasteiger partial charge >= 0.3 is 0 Å². The quantitative estimate of drug-likeness (QED) is 0.437. The SMILES string of the molecule is Cc1csc(NN=Cc2cc(O[Si](C)(C)C(C)(C)C)ccc2F)n1. The number of benzene rings is 1. The van der Waals surface area contributed by atoms with Crippen LogP contribution < -0.4 is 9.85 Å². The van der Waals surface area contributed by atoms with Gasteiger partial charge in [0.15, 0.2) is 0 Å². The average molecular weight is 366 g/mol. The van der Waals surface area contributed by atoms with Crippen LogP contribution in [-0.4, -0.2) is 19.5 Å². The van der Waals surface area contributed by atoms with Crippen molar-refractivity contribution in [3.8, 4) is 5.75 Å². The number of thiazole rings is 1. The zero-order valence-corrected chi connectivity index (χ0v) is 16.8. The van der Waals surface area contributed by atoms with Gasteiger partial charge in [0, 0.05) is 10.9 Å². The van der Waals surface area contributed by atoms with Gasteiger partial charge in [-0.1, -0.05) is 20.8 Å². The number of hydrogen-bond acceptors (Lipinski definition) is 5. The fraction of sp³-hybridized carbons (Fsp3) is 0.412. The van der Waals surface area contributed by atoms with Crippen LogP contribution in [0.4, 0.5) is 9.52 Å². The lowest BCUT2D eigenvalue weighted by Gasteiger charge is -2.36. The number of hydrogen-bond donors (Lipinski definition) is 1. The zero-order chi connectivity index (χ0) is 18.0. The molecule has 1 heterocycles. The Morgan fingerprint density at radius 1 is 1.33 bits per heavy atom. The first-order chi connectivity index (χ1) is 11.1. The largest absolute Gasteiger partial charge is 0.543 e. The number of nitrogens with zero attached hydrogens (tertiary/aromatic N) is 2. The molecule has 0 radical (unpaired) electrons. The van der Waals surface area contributed by atoms with Gasteiger partial charge in [-0.05, 0) is 43.3 Å². The monoisotopic (exact) mass is 365 g/mol. The second kappa shape index (κ2) is 7.02. The van der Waals surface area contributed by atoms with Gasteiger partial charge in [-0.3, -0.25) is 5.43 Å². The molecular formula is C17H24FN3OSSi. The molecule has 0 saturated heterocycles. The van der Waals surface area contributed by atoms with Gasteiger partial charge < -0.3 is 4.43 Å². The predicted molar refractivity (Wildman–Crippen MR) is 102 cm³/mol. The molecule has 0 spiro atoms. The van der Waals surface area contributed by atoms with E-state index in [4.69, 9.17) is 4.43 Å². The number of hydrazone groups is 1. The second-order valence-electron chi connectivity index (χ2n) is 7.21. The summed E-state index contributed by atoms with van der Waals surface area (Å²) in [6, 6.07) is 4.77. The van der Waals surface area contributed by atoms with Gasteiger partial charge in [0.1, 0.15) is 11.6 Å². The Morgan fingerprint density at radius 3 is 2.62 bits per heavy atom. The van der Waals surface area contributed by atoms with Crippen LogP contribution in [0.25, 0.3) is 0 Å². The molecule has 0 atom stereocenters. The molecule has 0 fully saturated rings. The number of aryl methyl sites for hydroxylation is 1. The third-order valence-electron chi connectivity index (χ3n) is 4.13. The number of aromatic nitrogens is 1. The summed E-state index contributed by atoms with van der Waals surface area (Å²) in [5.41, 5.74) is 4.12. The lowest BCUT2D eigenvalue weighted by molar-refractivity contribution is 0.490. The van der Waals surface area contributed by atoms with E-state index in [1.165, 1.54) is 23.6 Å². The molecule has 0 aliphatic rings. The van der Waals surface area contributed by atoms with E-state index >= 15 is 0 Å². The minimum absolute atomic E-state index is 0.0832. The molecule has 0 bridgehead atoms. The van der Waals surface area contributed by atoms with E-state index in [-0.39, 0.29) is 10.9 Å². The summed E-state index contributed by atoms with van der Waals surface area (Å²) in [6.07, 6.45) is 1.45. The van der Waals surface area contributed by atoms with Crippen LogP contribution in [0.5, 0.6) is 5.75 Å². The Labute approximate surface area is 147 Å². The molecule has 0 amide bonds. The van der Waals surface area contributed by atoms with E-state index in [1.54, 1.807) is 12.1 Å². The summed E-state index contributed by atoms with van der Waals surface area (Å²) >= 11 is 1.45. The first-order valence-corrected chi connectivity index (χ1v) is 11.6. The van der Waals surface area contributed by atoms with Crippen LogP contribution in [0.3, 0.4) is 0 Å². The van der Waals surface area contributed by atoms with Crippen LogP contribution in [0.2, 0.25) is 18.1 Å². The standard InChI is InChI=1S/C17H24FN3OSSi/c1-12-11-23-16(20-12)21-19-10-13-9-14(7-8-15(13)18)22-24(5,6)17(2,3)4/h7-11H,1-6H3,(H,20,21). The van der Waals surface area contributed by atoms with Crippen molar-refractivity contribution in [3.63, 3.8) is 0 Å². The van der Waals surface area contributed by atoms with Gasteiger partial charge in [0.25, 0.3) is 0 Å². The Kier molecular flexibility index (Phi) is 5.44. The molecule has 0 saturated carbocycles. The van der Waals surface area contributed by atoms with E-state index in [0.717, 1.165) is 5.69 Å². The fourth-order valence-electron chi connectivity index (χ4n) is 1.69. The molecule has 2 aromatic rings. The normalized spacial score (nSPS) is 12.6. The molecule has 7 heteroatoms. The van der Waals surface area contributed by atoms with E-state index in [0.29, 0.717) is 16.4 Å². The molecular weight excluding hydrogens is 341 g/mol. The van der Waals surface area contributed by atoms with Gasteiger partial charge in [0.05, 0.1) is 11.9 Å². The average Bonchev–Trinajstić information content (AvgIpc) is 2.86. The molecule has 1 aromatic carbocycles. The Morgan fingerprint density at radius 2 is 2.04 bits per heavy atom. The number of rotatable bonds is 5. The second-order valence-corrected chi connectivity index (χ2v) is 12.8. The number of nitrogens with one attached hydrogen (secondary N) is 1. The molecule has 24 heavy (non-hydrogen) atoms. The third kappa shape index (κ3) is 4.64. The molecule has 2 rings (SSSR count). The first kappa shape index (κ1) is 18.6. The van der Waals surface area contributed by atoms with Crippen LogP contribution >= 0.6 is 11.3 Å². The molecule has 130 valence electrons. The van der Waals surface area contributed by atoms with Gasteiger partial charge in [-0.2, -0.15) is 5.10 Å². The molecule has 4 nitrogen and oxygen atoms in total. The van der Waals surface area contributed by atoms with Crippen LogP contribution in [0.1, 0.15) is 32.0 Å². The van der Waals surface area contributed by atoms with Crippen LogP contribution in [-0.2, 0) is 0 Å². The lowest BCUT2D eigenvalue weighted by atomic mass is 10.2. The molecule has 0 unspecified atom stereocenters. The van der Waals surface area contributed by atoms with Crippen molar-refractivity contribution in [2.24, 2.45) is 5.10 Å². The summed E-state index contributed by atoms with van der Waals surface area (Å²) in [7, 11) is -1.96. The van der Waals surface area contributed by atoms with E-state index < -0.39 is 8.32 Å². The van der Waals surface area contributed by atoms with Crippen molar-refractivity contribution < 1.29 is 8.82 Å². The van der Waals surface area contributed by atoms with Gasteiger partial charge in [-0.25, -0.2) is 9.37 Å². The highest BCUT2D eigenvalue weighted by molar-refractivity contribution is 7.13. The van der Waals surface area contributed by atoms with Gasteiger partial charge in [-0.15, -0.1) is 11.3 Å². The highest BCUT2D eigenvalue weighted by atomic mass is 32.1. The van der Waals surface area contributed by atoms with Gasteiger partial charge in [0.2, 0.25) is 13.4 Å². The van der Waals surface area contributed by atoms with Crippen molar-refractivity contribution >= 4 is 31.0 Å². The fourth-order valence-corrected chi connectivity index (χ4v) is 3.35. The summed E-state index contributed by atoms with van der Waals surface area (Å²) < 4.78 is 20.2. The van der Waals surface area contributed by atoms with Crippen molar-refractivity contribution in [3.05, 3.63) is 40.7 Å². The topological polar surface area (TPSA) is 46.5 Å². The maximum atomic E-state index is 14.0. The van der Waals surface area contributed by atoms with E-state index in [2.05, 4.69) is 49.4 Å². The summed E-state index contributed by atoms with van der Waals surface area (Å²) in [5, 5.41) is 6.75. The summed E-state index contributed by atoms with van der Waals surface area (Å²) in [4.78, 5) is 4.24.